The van der Waals surface area contributed by atoms with Crippen LogP contribution in [-0.4, -0.2) is 15.2 Å². The van der Waals surface area contributed by atoms with E-state index in [0.29, 0.717) is 21.9 Å². The van der Waals surface area contributed by atoms with E-state index in [1.54, 1.807) is 11.3 Å². The first-order valence-electron chi connectivity index (χ1n) is 8.33. The van der Waals surface area contributed by atoms with Crippen LogP contribution in [0, 0.1) is 13.8 Å². The third-order valence-electron chi connectivity index (χ3n) is 4.16. The van der Waals surface area contributed by atoms with Gasteiger partial charge < -0.3 is 4.42 Å². The summed E-state index contributed by atoms with van der Waals surface area (Å²) in [6.45, 7) is 4.16. The van der Waals surface area contributed by atoms with Crippen LogP contribution in [0.15, 0.2) is 57.5 Å². The lowest BCUT2D eigenvalue weighted by molar-refractivity contribution is 0.466. The maximum Gasteiger partial charge on any atom is 0.277 e. The summed E-state index contributed by atoms with van der Waals surface area (Å²) in [5, 5.41) is 12.5. The van der Waals surface area contributed by atoms with E-state index in [9.17, 15) is 0 Å². The Labute approximate surface area is 170 Å². The van der Waals surface area contributed by atoms with Gasteiger partial charge >= 0.3 is 0 Å². The van der Waals surface area contributed by atoms with Crippen LogP contribution in [0.25, 0.3) is 22.0 Å². The minimum atomic E-state index is 0.538. The van der Waals surface area contributed by atoms with Crippen molar-refractivity contribution in [3.63, 3.8) is 0 Å². The molecule has 7 heteroatoms. The standard InChI is InChI=1S/C20H16ClN3OS2/c1-12-7-8-14(9-13(12)2)18-23-24-20(25-18)27-11-15-10-26-19(22-15)16-5-3-4-6-17(16)21/h3-10H,11H2,1-2H3. The van der Waals surface area contributed by atoms with E-state index < -0.39 is 0 Å². The van der Waals surface area contributed by atoms with Crippen LogP contribution in [0.3, 0.4) is 0 Å². The van der Waals surface area contributed by atoms with E-state index in [4.69, 9.17) is 16.0 Å². The van der Waals surface area contributed by atoms with Crippen LogP contribution >= 0.6 is 34.7 Å². The molecule has 2 aromatic heterocycles. The summed E-state index contributed by atoms with van der Waals surface area (Å²) in [5.41, 5.74) is 5.30. The second kappa shape index (κ2) is 7.84. The maximum atomic E-state index is 6.25. The summed E-state index contributed by atoms with van der Waals surface area (Å²) in [5.74, 6) is 1.20. The van der Waals surface area contributed by atoms with Crippen LogP contribution < -0.4 is 0 Å². The lowest BCUT2D eigenvalue weighted by Gasteiger charge is -2.00. The Bertz CT molecular complexity index is 1090. The summed E-state index contributed by atoms with van der Waals surface area (Å²) < 4.78 is 5.79. The van der Waals surface area contributed by atoms with Crippen molar-refractivity contribution in [2.24, 2.45) is 0 Å². The third-order valence-corrected chi connectivity index (χ3v) is 6.27. The fourth-order valence-electron chi connectivity index (χ4n) is 2.53. The molecule has 0 bridgehead atoms. The van der Waals surface area contributed by atoms with Gasteiger partial charge in [0.1, 0.15) is 5.01 Å². The molecule has 0 spiro atoms. The molecular weight excluding hydrogens is 398 g/mol. The Balaban J connectivity index is 1.45. The fraction of sp³-hybridized carbons (Fsp3) is 0.150. The molecule has 0 aliphatic rings. The summed E-state index contributed by atoms with van der Waals surface area (Å²) in [4.78, 5) is 4.67. The molecule has 27 heavy (non-hydrogen) atoms. The van der Waals surface area contributed by atoms with Crippen molar-refractivity contribution in [2.45, 2.75) is 24.8 Å². The highest BCUT2D eigenvalue weighted by atomic mass is 35.5. The monoisotopic (exact) mass is 413 g/mol. The van der Waals surface area contributed by atoms with Gasteiger partial charge in [0.2, 0.25) is 5.89 Å². The molecule has 0 saturated carbocycles. The highest BCUT2D eigenvalue weighted by Crippen LogP contribution is 2.32. The van der Waals surface area contributed by atoms with Crippen molar-refractivity contribution in [3.8, 4) is 22.0 Å². The molecule has 4 aromatic rings. The molecule has 0 radical (unpaired) electrons. The summed E-state index contributed by atoms with van der Waals surface area (Å²) >= 11 is 9.31. The lowest BCUT2D eigenvalue weighted by atomic mass is 10.1. The minimum absolute atomic E-state index is 0.538. The lowest BCUT2D eigenvalue weighted by Crippen LogP contribution is -1.83. The van der Waals surface area contributed by atoms with Crippen molar-refractivity contribution >= 4 is 34.7 Å². The molecule has 0 atom stereocenters. The smallest absolute Gasteiger partial charge is 0.277 e. The predicted molar refractivity (Wildman–Crippen MR) is 111 cm³/mol. The highest BCUT2D eigenvalue weighted by Gasteiger charge is 2.12. The quantitative estimate of drug-likeness (QED) is 0.353. The SMILES string of the molecule is Cc1ccc(-c2nnc(SCc3csc(-c4ccccc4Cl)n3)o2)cc1C. The largest absolute Gasteiger partial charge is 0.411 e. The van der Waals surface area contributed by atoms with Crippen molar-refractivity contribution < 1.29 is 4.42 Å². The second-order valence-electron chi connectivity index (χ2n) is 6.08. The van der Waals surface area contributed by atoms with Crippen molar-refractivity contribution in [3.05, 3.63) is 69.7 Å². The maximum absolute atomic E-state index is 6.25. The van der Waals surface area contributed by atoms with Crippen LogP contribution in [0.4, 0.5) is 0 Å². The van der Waals surface area contributed by atoms with Gasteiger partial charge in [-0.25, -0.2) is 4.98 Å². The topological polar surface area (TPSA) is 51.8 Å². The zero-order valence-corrected chi connectivity index (χ0v) is 17.2. The van der Waals surface area contributed by atoms with E-state index in [1.165, 1.54) is 22.9 Å². The van der Waals surface area contributed by atoms with Crippen molar-refractivity contribution in [1.29, 1.82) is 0 Å². The number of thioether (sulfide) groups is 1. The van der Waals surface area contributed by atoms with Gasteiger partial charge in [0.25, 0.3) is 5.22 Å². The van der Waals surface area contributed by atoms with Gasteiger partial charge in [-0.1, -0.05) is 47.6 Å². The van der Waals surface area contributed by atoms with Crippen LogP contribution in [0.5, 0.6) is 0 Å². The molecule has 0 aliphatic heterocycles. The summed E-state index contributed by atoms with van der Waals surface area (Å²) in [6.07, 6.45) is 0. The van der Waals surface area contributed by atoms with Crippen molar-refractivity contribution in [2.75, 3.05) is 0 Å². The molecule has 0 saturated heterocycles. The number of halogens is 1. The van der Waals surface area contributed by atoms with Gasteiger partial charge in [-0.05, 0) is 43.2 Å². The van der Waals surface area contributed by atoms with E-state index in [2.05, 4.69) is 41.2 Å². The van der Waals surface area contributed by atoms with E-state index in [1.807, 2.05) is 35.7 Å². The fourth-order valence-corrected chi connectivity index (χ4v) is 4.43. The van der Waals surface area contributed by atoms with Crippen LogP contribution in [-0.2, 0) is 5.75 Å². The highest BCUT2D eigenvalue weighted by molar-refractivity contribution is 7.98. The number of nitrogens with zero attached hydrogens (tertiary/aromatic N) is 3. The normalized spacial score (nSPS) is 11.1. The Morgan fingerprint density at radius 2 is 1.93 bits per heavy atom. The molecule has 4 rings (SSSR count). The molecule has 0 fully saturated rings. The number of aromatic nitrogens is 3. The average molecular weight is 414 g/mol. The van der Waals surface area contributed by atoms with Gasteiger partial charge in [0.15, 0.2) is 0 Å². The average Bonchev–Trinajstić information content (AvgIpc) is 3.32. The van der Waals surface area contributed by atoms with Gasteiger partial charge in [0.05, 0.1) is 10.7 Å². The number of hydrogen-bond donors (Lipinski definition) is 0. The van der Waals surface area contributed by atoms with Crippen LogP contribution in [0.2, 0.25) is 5.02 Å². The molecule has 2 aromatic carbocycles. The first kappa shape index (κ1) is 18.2. The number of hydrogen-bond acceptors (Lipinski definition) is 6. The zero-order chi connectivity index (χ0) is 18.8. The number of benzene rings is 2. The molecular formula is C20H16ClN3OS2. The van der Waals surface area contributed by atoms with E-state index >= 15 is 0 Å². The van der Waals surface area contributed by atoms with Gasteiger partial charge in [-0.15, -0.1) is 21.5 Å². The first-order valence-corrected chi connectivity index (χ1v) is 10.6. The number of rotatable bonds is 5. The van der Waals surface area contributed by atoms with Crippen molar-refractivity contribution in [1.82, 2.24) is 15.2 Å². The van der Waals surface area contributed by atoms with E-state index in [0.717, 1.165) is 21.8 Å². The Hall–Kier alpha value is -2.15. The Morgan fingerprint density at radius 3 is 2.74 bits per heavy atom. The first-order chi connectivity index (χ1) is 13.1. The van der Waals surface area contributed by atoms with E-state index in [-0.39, 0.29) is 0 Å². The van der Waals surface area contributed by atoms with Gasteiger partial charge in [-0.3, -0.25) is 0 Å². The summed E-state index contributed by atoms with van der Waals surface area (Å²) in [7, 11) is 0. The molecule has 136 valence electrons. The molecule has 0 aliphatic carbocycles. The van der Waals surface area contributed by atoms with Gasteiger partial charge in [0, 0.05) is 22.3 Å². The summed E-state index contributed by atoms with van der Waals surface area (Å²) in [6, 6.07) is 13.9. The Morgan fingerprint density at radius 1 is 1.07 bits per heavy atom. The third kappa shape index (κ3) is 4.08. The molecule has 4 nitrogen and oxygen atoms in total. The molecule has 0 unspecified atom stereocenters. The molecule has 0 amide bonds. The molecule has 2 heterocycles. The Kier molecular flexibility index (Phi) is 5.29. The predicted octanol–water partition coefficient (Wildman–Crippen LogP) is 6.42. The number of thiazole rings is 1. The number of aryl methyl sites for hydroxylation is 2. The zero-order valence-electron chi connectivity index (χ0n) is 14.8. The molecule has 0 N–H and O–H groups in total. The van der Waals surface area contributed by atoms with Crippen LogP contribution in [0.1, 0.15) is 16.8 Å². The minimum Gasteiger partial charge on any atom is -0.411 e. The second-order valence-corrected chi connectivity index (χ2v) is 8.28. The van der Waals surface area contributed by atoms with Gasteiger partial charge in [-0.2, -0.15) is 0 Å².